The maximum atomic E-state index is 13.1. The zero-order valence-electron chi connectivity index (χ0n) is 9.30. The average molecular weight is 291 g/mol. The van der Waals surface area contributed by atoms with E-state index >= 15 is 0 Å². The number of anilines is 2. The van der Waals surface area contributed by atoms with Crippen LogP contribution in [0.3, 0.4) is 0 Å². The summed E-state index contributed by atoms with van der Waals surface area (Å²) < 4.78 is 13.4. The number of nitrogens with one attached hydrogen (secondary N) is 1. The van der Waals surface area contributed by atoms with Gasteiger partial charge in [0.25, 0.3) is 0 Å². The van der Waals surface area contributed by atoms with Crippen molar-refractivity contribution < 1.29 is 9.50 Å². The summed E-state index contributed by atoms with van der Waals surface area (Å²) in [6, 6.07) is 2.81. The molecule has 0 spiro atoms. The zero-order chi connectivity index (χ0) is 12.3. The van der Waals surface area contributed by atoms with Crippen molar-refractivity contribution in [1.82, 2.24) is 0 Å². The van der Waals surface area contributed by atoms with Crippen molar-refractivity contribution in [2.75, 3.05) is 17.6 Å². The summed E-state index contributed by atoms with van der Waals surface area (Å²) in [5, 5.41) is 12.6. The summed E-state index contributed by atoms with van der Waals surface area (Å²) in [6.45, 7) is 4.24. The highest BCUT2D eigenvalue weighted by molar-refractivity contribution is 9.10. The lowest BCUT2D eigenvalue weighted by atomic mass is 10.1. The second-order valence-corrected chi connectivity index (χ2v) is 4.90. The number of hydrogen-bond acceptors (Lipinski definition) is 3. The lowest BCUT2D eigenvalue weighted by molar-refractivity contribution is 0.138. The van der Waals surface area contributed by atoms with Gasteiger partial charge in [0, 0.05) is 12.6 Å². The minimum absolute atomic E-state index is 0.164. The van der Waals surface area contributed by atoms with Crippen molar-refractivity contribution in [3.8, 4) is 0 Å². The highest BCUT2D eigenvalue weighted by atomic mass is 79.9. The van der Waals surface area contributed by atoms with Crippen molar-refractivity contribution >= 4 is 27.3 Å². The van der Waals surface area contributed by atoms with Crippen LogP contribution in [0.25, 0.3) is 0 Å². The standard InChI is InChI=1S/C11H16BrFN2O/c1-6(2)11(16)5-15-10-3-7(12)8(13)4-9(10)14/h3-4,6,11,15-16H,5,14H2,1-2H3. The number of nitrogens with two attached hydrogens (primary N) is 1. The van der Waals surface area contributed by atoms with Crippen molar-refractivity contribution in [2.24, 2.45) is 5.92 Å². The molecule has 0 radical (unpaired) electrons. The van der Waals surface area contributed by atoms with E-state index in [-0.39, 0.29) is 5.92 Å². The Hall–Kier alpha value is -0.810. The Bertz CT molecular complexity index is 371. The predicted octanol–water partition coefficient (Wildman–Crippen LogP) is 2.60. The van der Waals surface area contributed by atoms with Crippen molar-refractivity contribution in [3.05, 3.63) is 22.4 Å². The molecule has 0 saturated heterocycles. The summed E-state index contributed by atoms with van der Waals surface area (Å²) >= 11 is 3.08. The largest absolute Gasteiger partial charge is 0.397 e. The van der Waals surface area contributed by atoms with Crippen LogP contribution < -0.4 is 11.1 Å². The van der Waals surface area contributed by atoms with Gasteiger partial charge in [-0.05, 0) is 27.9 Å². The topological polar surface area (TPSA) is 58.3 Å². The van der Waals surface area contributed by atoms with E-state index in [2.05, 4.69) is 21.2 Å². The second-order valence-electron chi connectivity index (χ2n) is 4.05. The fourth-order valence-electron chi connectivity index (χ4n) is 1.17. The molecule has 0 aliphatic rings. The molecule has 0 heterocycles. The molecule has 3 nitrogen and oxygen atoms in total. The molecule has 0 aliphatic carbocycles. The minimum atomic E-state index is -0.455. The normalized spacial score (nSPS) is 12.9. The van der Waals surface area contributed by atoms with Crippen LogP contribution in [0.15, 0.2) is 16.6 Å². The number of nitrogen functional groups attached to an aromatic ring is 1. The van der Waals surface area contributed by atoms with Crippen LogP contribution in [-0.4, -0.2) is 17.8 Å². The highest BCUT2D eigenvalue weighted by Crippen LogP contribution is 2.26. The number of aliphatic hydroxyl groups excluding tert-OH is 1. The van der Waals surface area contributed by atoms with Crippen molar-refractivity contribution in [3.63, 3.8) is 0 Å². The van der Waals surface area contributed by atoms with E-state index in [1.807, 2.05) is 13.8 Å². The summed E-state index contributed by atoms with van der Waals surface area (Å²) in [7, 11) is 0. The molecule has 1 aromatic carbocycles. The molecule has 1 rings (SSSR count). The first kappa shape index (κ1) is 13.3. The number of halogens is 2. The lowest BCUT2D eigenvalue weighted by Gasteiger charge is -2.17. The average Bonchev–Trinajstić information content (AvgIpc) is 2.20. The molecule has 0 saturated carbocycles. The van der Waals surface area contributed by atoms with Crippen LogP contribution in [0.4, 0.5) is 15.8 Å². The summed E-state index contributed by atoms with van der Waals surface area (Å²) in [5.74, 6) is -0.231. The third-order valence-electron chi connectivity index (χ3n) is 2.36. The molecule has 90 valence electrons. The smallest absolute Gasteiger partial charge is 0.139 e. The Morgan fingerprint density at radius 1 is 1.50 bits per heavy atom. The minimum Gasteiger partial charge on any atom is -0.397 e. The quantitative estimate of drug-likeness (QED) is 0.747. The predicted molar refractivity (Wildman–Crippen MR) is 67.8 cm³/mol. The van der Waals surface area contributed by atoms with Crippen LogP contribution in [0.1, 0.15) is 13.8 Å². The van der Waals surface area contributed by atoms with E-state index < -0.39 is 11.9 Å². The summed E-state index contributed by atoms with van der Waals surface area (Å²) in [4.78, 5) is 0. The van der Waals surface area contributed by atoms with Gasteiger partial charge in [-0.1, -0.05) is 13.8 Å². The number of benzene rings is 1. The highest BCUT2D eigenvalue weighted by Gasteiger charge is 2.10. The van der Waals surface area contributed by atoms with E-state index in [4.69, 9.17) is 5.73 Å². The van der Waals surface area contributed by atoms with Gasteiger partial charge >= 0.3 is 0 Å². The number of hydrogen-bond donors (Lipinski definition) is 3. The fraction of sp³-hybridized carbons (Fsp3) is 0.455. The van der Waals surface area contributed by atoms with Gasteiger partial charge < -0.3 is 16.2 Å². The molecule has 1 atom stereocenters. The van der Waals surface area contributed by atoms with Gasteiger partial charge in [0.05, 0.1) is 22.0 Å². The van der Waals surface area contributed by atoms with E-state index in [9.17, 15) is 9.50 Å². The Morgan fingerprint density at radius 3 is 2.69 bits per heavy atom. The van der Waals surface area contributed by atoms with Gasteiger partial charge in [-0.25, -0.2) is 4.39 Å². The maximum Gasteiger partial charge on any atom is 0.139 e. The first-order chi connectivity index (χ1) is 7.41. The van der Waals surface area contributed by atoms with Gasteiger partial charge in [-0.2, -0.15) is 0 Å². The van der Waals surface area contributed by atoms with Gasteiger partial charge in [-0.15, -0.1) is 0 Å². The molecular formula is C11H16BrFN2O. The first-order valence-corrected chi connectivity index (χ1v) is 5.87. The van der Waals surface area contributed by atoms with Crippen LogP contribution in [0.5, 0.6) is 0 Å². The van der Waals surface area contributed by atoms with E-state index in [1.54, 1.807) is 6.07 Å². The molecular weight excluding hydrogens is 275 g/mol. The van der Waals surface area contributed by atoms with Crippen molar-refractivity contribution in [1.29, 1.82) is 0 Å². The van der Waals surface area contributed by atoms with Gasteiger partial charge in [-0.3, -0.25) is 0 Å². The number of aliphatic hydroxyl groups is 1. The SMILES string of the molecule is CC(C)C(O)CNc1cc(Br)c(F)cc1N. The summed E-state index contributed by atoms with van der Waals surface area (Å²) in [6.07, 6.45) is -0.455. The lowest BCUT2D eigenvalue weighted by Crippen LogP contribution is -2.25. The van der Waals surface area contributed by atoms with E-state index in [0.29, 0.717) is 22.4 Å². The third-order valence-corrected chi connectivity index (χ3v) is 2.97. The van der Waals surface area contributed by atoms with Crippen LogP contribution in [-0.2, 0) is 0 Å². The molecule has 16 heavy (non-hydrogen) atoms. The second kappa shape index (κ2) is 5.50. The Labute approximate surface area is 103 Å². The monoisotopic (exact) mass is 290 g/mol. The first-order valence-electron chi connectivity index (χ1n) is 5.08. The molecule has 4 N–H and O–H groups in total. The molecule has 0 bridgehead atoms. The molecule has 0 amide bonds. The number of rotatable bonds is 4. The summed E-state index contributed by atoms with van der Waals surface area (Å²) in [5.41, 5.74) is 6.60. The maximum absolute atomic E-state index is 13.1. The zero-order valence-corrected chi connectivity index (χ0v) is 10.9. The molecule has 1 unspecified atom stereocenters. The Balaban J connectivity index is 2.71. The third kappa shape index (κ3) is 3.35. The van der Waals surface area contributed by atoms with Gasteiger partial charge in [0.15, 0.2) is 0 Å². The Kier molecular flexibility index (Phi) is 4.56. The van der Waals surface area contributed by atoms with E-state index in [1.165, 1.54) is 6.07 Å². The van der Waals surface area contributed by atoms with Gasteiger partial charge in [0.1, 0.15) is 5.82 Å². The fourth-order valence-corrected chi connectivity index (χ4v) is 1.51. The molecule has 5 heteroatoms. The van der Waals surface area contributed by atoms with Crippen LogP contribution in [0.2, 0.25) is 0 Å². The molecule has 0 aliphatic heterocycles. The molecule has 1 aromatic rings. The van der Waals surface area contributed by atoms with Gasteiger partial charge in [0.2, 0.25) is 0 Å². The van der Waals surface area contributed by atoms with Crippen LogP contribution in [0, 0.1) is 11.7 Å². The van der Waals surface area contributed by atoms with Crippen molar-refractivity contribution in [2.45, 2.75) is 20.0 Å². The van der Waals surface area contributed by atoms with Crippen LogP contribution >= 0.6 is 15.9 Å². The molecule has 0 fully saturated rings. The van der Waals surface area contributed by atoms with E-state index in [0.717, 1.165) is 0 Å². The Morgan fingerprint density at radius 2 is 2.12 bits per heavy atom. The molecule has 0 aromatic heterocycles.